The van der Waals surface area contributed by atoms with Gasteiger partial charge in [0.1, 0.15) is 28.5 Å². The Balaban J connectivity index is 1.45. The van der Waals surface area contributed by atoms with Gasteiger partial charge in [0.2, 0.25) is 5.91 Å². The van der Waals surface area contributed by atoms with E-state index in [1.165, 1.54) is 18.4 Å². The number of carbonyl (C=O) groups excluding carboxylic acids is 2. The Bertz CT molecular complexity index is 1480. The van der Waals surface area contributed by atoms with Crippen LogP contribution >= 0.6 is 11.3 Å². The number of allylic oxidation sites excluding steroid dienone is 2. The molecule has 2 aromatic heterocycles. The van der Waals surface area contributed by atoms with Crippen LogP contribution in [0.4, 0.5) is 0 Å². The summed E-state index contributed by atoms with van der Waals surface area (Å²) in [4.78, 5) is 38.8. The minimum Gasteiger partial charge on any atom is -0.349 e. The minimum absolute atomic E-state index is 0.0815. The maximum absolute atomic E-state index is 13.1. The molecule has 2 unspecified atom stereocenters. The smallest absolute Gasteiger partial charge is 0.270 e. The van der Waals surface area contributed by atoms with E-state index in [9.17, 15) is 9.59 Å². The summed E-state index contributed by atoms with van der Waals surface area (Å²) in [5, 5.41) is 24.3. The second-order valence-corrected chi connectivity index (χ2v) is 9.48. The van der Waals surface area contributed by atoms with E-state index >= 15 is 0 Å². The van der Waals surface area contributed by atoms with Crippen LogP contribution in [-0.4, -0.2) is 45.3 Å². The molecule has 2 atom stereocenters. The van der Waals surface area contributed by atoms with Gasteiger partial charge in [0.05, 0.1) is 12.2 Å². The Labute approximate surface area is 224 Å². The number of rotatable bonds is 8. The lowest BCUT2D eigenvalue weighted by atomic mass is 10.0. The van der Waals surface area contributed by atoms with E-state index in [2.05, 4.69) is 27.5 Å². The zero-order valence-electron chi connectivity index (χ0n) is 20.9. The first kappa shape index (κ1) is 26.4. The Morgan fingerprint density at radius 3 is 2.82 bits per heavy atom. The van der Waals surface area contributed by atoms with E-state index in [4.69, 9.17) is 15.7 Å². The lowest BCUT2D eigenvalue weighted by Gasteiger charge is -2.17. The summed E-state index contributed by atoms with van der Waals surface area (Å²) in [5.74, 6) is -1.30. The fourth-order valence-corrected chi connectivity index (χ4v) is 4.60. The number of carbonyl (C=O) groups is 2. The van der Waals surface area contributed by atoms with Crippen molar-refractivity contribution in [1.29, 1.82) is 10.7 Å². The lowest BCUT2D eigenvalue weighted by Crippen LogP contribution is -2.43. The zero-order chi connectivity index (χ0) is 27.1. The fourth-order valence-electron chi connectivity index (χ4n) is 3.94. The molecular weight excluding hydrogens is 500 g/mol. The van der Waals surface area contributed by atoms with Crippen LogP contribution in [0.3, 0.4) is 0 Å². The molecule has 38 heavy (non-hydrogen) atoms. The second kappa shape index (κ2) is 12.0. The number of aliphatic imine (C=N–C) groups is 1. The van der Waals surface area contributed by atoms with Gasteiger partial charge >= 0.3 is 0 Å². The van der Waals surface area contributed by atoms with Crippen molar-refractivity contribution >= 4 is 41.3 Å². The van der Waals surface area contributed by atoms with Crippen molar-refractivity contribution < 1.29 is 9.59 Å². The molecule has 3 heterocycles. The van der Waals surface area contributed by atoms with Crippen LogP contribution in [-0.2, 0) is 16.1 Å². The monoisotopic (exact) mass is 526 g/mol. The van der Waals surface area contributed by atoms with Gasteiger partial charge in [0.25, 0.3) is 5.91 Å². The van der Waals surface area contributed by atoms with E-state index in [1.807, 2.05) is 59.4 Å². The third-order valence-electron chi connectivity index (χ3n) is 5.93. The fraction of sp³-hybridized carbons (Fsp3) is 0.222. The number of benzene rings is 1. The molecule has 192 valence electrons. The first-order valence-corrected chi connectivity index (χ1v) is 12.7. The minimum atomic E-state index is -1.18. The maximum atomic E-state index is 13.1. The Kier molecular flexibility index (Phi) is 8.35. The van der Waals surface area contributed by atoms with Gasteiger partial charge in [0.15, 0.2) is 5.69 Å². The molecule has 2 amide bonds. The molecule has 0 spiro atoms. The zero-order valence-corrected chi connectivity index (χ0v) is 21.7. The van der Waals surface area contributed by atoms with Crippen LogP contribution < -0.4 is 10.6 Å². The van der Waals surface area contributed by atoms with Crippen molar-refractivity contribution in [2.75, 3.05) is 7.05 Å². The van der Waals surface area contributed by atoms with Gasteiger partial charge in [-0.3, -0.25) is 14.6 Å². The Morgan fingerprint density at radius 2 is 2.13 bits per heavy atom. The van der Waals surface area contributed by atoms with Crippen LogP contribution in [0.2, 0.25) is 0 Å². The predicted molar refractivity (Wildman–Crippen MR) is 147 cm³/mol. The average Bonchev–Trinajstić information content (AvgIpc) is 3.58. The van der Waals surface area contributed by atoms with Gasteiger partial charge in [-0.25, -0.2) is 9.97 Å². The number of nitrogens with zero attached hydrogens (tertiary/aromatic N) is 5. The number of imidazole rings is 1. The number of fused-ring (bicyclic) bond motifs is 1. The lowest BCUT2D eigenvalue weighted by molar-refractivity contribution is -0.122. The molecule has 3 aromatic rings. The number of amides is 2. The summed E-state index contributed by atoms with van der Waals surface area (Å²) in [6.45, 7) is 2.15. The van der Waals surface area contributed by atoms with Gasteiger partial charge < -0.3 is 20.6 Å². The number of nitriles is 1. The highest BCUT2D eigenvalue weighted by molar-refractivity contribution is 7.09. The number of aromatic nitrogens is 3. The molecule has 11 heteroatoms. The molecule has 0 bridgehead atoms. The van der Waals surface area contributed by atoms with Crippen LogP contribution in [0.1, 0.15) is 35.8 Å². The van der Waals surface area contributed by atoms with Crippen molar-refractivity contribution in [2.45, 2.75) is 25.8 Å². The molecule has 0 radical (unpaired) electrons. The summed E-state index contributed by atoms with van der Waals surface area (Å²) < 4.78 is 1.95. The highest BCUT2D eigenvalue weighted by Crippen LogP contribution is 2.26. The van der Waals surface area contributed by atoms with E-state index in [0.717, 1.165) is 23.3 Å². The number of thiazole rings is 1. The Hall–Kier alpha value is -4.69. The van der Waals surface area contributed by atoms with Crippen LogP contribution in [0, 0.1) is 22.7 Å². The maximum Gasteiger partial charge on any atom is 0.270 e. The highest BCUT2D eigenvalue weighted by Gasteiger charge is 2.28. The van der Waals surface area contributed by atoms with Crippen molar-refractivity contribution in [2.24, 2.45) is 10.9 Å². The molecule has 0 aliphatic carbocycles. The Morgan fingerprint density at radius 1 is 1.34 bits per heavy atom. The molecule has 0 fully saturated rings. The summed E-state index contributed by atoms with van der Waals surface area (Å²) in [6, 6.07) is 11.9. The second-order valence-electron chi connectivity index (χ2n) is 8.53. The van der Waals surface area contributed by atoms with Crippen molar-refractivity contribution in [3.05, 3.63) is 76.3 Å². The van der Waals surface area contributed by atoms with Gasteiger partial charge in [0, 0.05) is 48.2 Å². The normalized spacial score (nSPS) is 15.8. The third-order valence-corrected chi connectivity index (χ3v) is 6.78. The van der Waals surface area contributed by atoms with E-state index in [0.29, 0.717) is 17.1 Å². The molecule has 1 aliphatic heterocycles. The number of hydrogen-bond acceptors (Lipinski definition) is 8. The molecular formula is C27H26N8O2S. The van der Waals surface area contributed by atoms with Gasteiger partial charge in [-0.1, -0.05) is 43.3 Å². The summed E-state index contributed by atoms with van der Waals surface area (Å²) in [7, 11) is 1.41. The van der Waals surface area contributed by atoms with Gasteiger partial charge in [-0.15, -0.1) is 11.3 Å². The third kappa shape index (κ3) is 5.99. The van der Waals surface area contributed by atoms with Gasteiger partial charge in [-0.05, 0) is 12.5 Å². The average molecular weight is 527 g/mol. The molecule has 4 rings (SSSR count). The molecule has 1 aromatic carbocycles. The summed E-state index contributed by atoms with van der Waals surface area (Å²) in [5.41, 5.74) is 2.63. The van der Waals surface area contributed by atoms with Crippen molar-refractivity contribution in [1.82, 2.24) is 25.2 Å². The van der Waals surface area contributed by atoms with Crippen LogP contribution in [0.15, 0.2) is 64.8 Å². The molecule has 1 aliphatic rings. The van der Waals surface area contributed by atoms with Crippen molar-refractivity contribution in [3.63, 3.8) is 0 Å². The molecule has 0 saturated carbocycles. The van der Waals surface area contributed by atoms with E-state index < -0.39 is 17.7 Å². The quantitative estimate of drug-likeness (QED) is 0.384. The standard InChI is InChI=1S/C27H26N8O2S/c1-17-8-9-19(10-11-35-15-22(34-25(17)35)18-6-4-3-5-7-18)33-27(37)24(30-2)21(13-29)26(36)31-14-23-32-20(12-28)16-38-23/h3-7,9-11,13,15-17,21,29H,8,14H2,1-2H3,(H,31,36)(H,33,37). The SMILES string of the molecule is CN=C(C(=O)NC1=CCC(C)c2nc(-c3ccccc3)cn2C=C1)C(C=N)C(=O)NCc1nc(C#N)cs1. The van der Waals surface area contributed by atoms with Crippen molar-refractivity contribution in [3.8, 4) is 17.3 Å². The largest absolute Gasteiger partial charge is 0.349 e. The number of nitrogens with one attached hydrogen (secondary N) is 3. The molecule has 10 nitrogen and oxygen atoms in total. The van der Waals surface area contributed by atoms with E-state index in [-0.39, 0.29) is 23.9 Å². The molecule has 3 N–H and O–H groups in total. The van der Waals surface area contributed by atoms with Crippen LogP contribution in [0.25, 0.3) is 17.5 Å². The topological polar surface area (TPSA) is 149 Å². The first-order valence-electron chi connectivity index (χ1n) is 11.9. The summed E-state index contributed by atoms with van der Waals surface area (Å²) >= 11 is 1.24. The van der Waals surface area contributed by atoms with Gasteiger partial charge in [-0.2, -0.15) is 5.26 Å². The van der Waals surface area contributed by atoms with Crippen LogP contribution in [0.5, 0.6) is 0 Å². The number of hydrogen-bond donors (Lipinski definition) is 3. The van der Waals surface area contributed by atoms with E-state index in [1.54, 1.807) is 11.5 Å². The summed E-state index contributed by atoms with van der Waals surface area (Å²) in [6.07, 6.45) is 8.99. The molecule has 0 saturated heterocycles. The highest BCUT2D eigenvalue weighted by atomic mass is 32.1. The predicted octanol–water partition coefficient (Wildman–Crippen LogP) is 3.51. The first-order chi connectivity index (χ1) is 18.4.